The van der Waals surface area contributed by atoms with E-state index in [1.165, 1.54) is 23.9 Å². The fourth-order valence-electron chi connectivity index (χ4n) is 3.56. The molecule has 134 valence electrons. The maximum atomic E-state index is 12.4. The zero-order chi connectivity index (χ0) is 17.6. The Kier molecular flexibility index (Phi) is 5.81. The molecule has 0 saturated carbocycles. The van der Waals surface area contributed by atoms with Gasteiger partial charge in [-0.25, -0.2) is 4.68 Å². The highest BCUT2D eigenvalue weighted by atomic mass is 16.2. The summed E-state index contributed by atoms with van der Waals surface area (Å²) in [6.45, 7) is 4.41. The van der Waals surface area contributed by atoms with E-state index < -0.39 is 0 Å². The monoisotopic (exact) mass is 342 g/mol. The van der Waals surface area contributed by atoms with Crippen molar-refractivity contribution in [2.75, 3.05) is 19.6 Å². The van der Waals surface area contributed by atoms with Gasteiger partial charge >= 0.3 is 0 Å². The van der Waals surface area contributed by atoms with Crippen LogP contribution in [0.2, 0.25) is 0 Å². The topological polar surface area (TPSA) is 67.2 Å². The molecule has 0 bridgehead atoms. The molecule has 1 aromatic heterocycles. The molecule has 1 aliphatic rings. The van der Waals surface area contributed by atoms with Crippen LogP contribution in [0.3, 0.4) is 0 Å². The van der Waals surface area contributed by atoms with Crippen LogP contribution in [0.4, 0.5) is 0 Å². The molecule has 2 heterocycles. The second-order valence-electron chi connectivity index (χ2n) is 6.64. The van der Waals surface area contributed by atoms with Gasteiger partial charge in [-0.3, -0.25) is 14.5 Å². The lowest BCUT2D eigenvalue weighted by molar-refractivity contribution is -0.123. The zero-order valence-electron chi connectivity index (χ0n) is 14.8. The van der Waals surface area contributed by atoms with Crippen LogP contribution in [0.1, 0.15) is 32.6 Å². The van der Waals surface area contributed by atoms with Crippen molar-refractivity contribution in [3.8, 4) is 0 Å². The molecule has 1 saturated heterocycles. The minimum absolute atomic E-state index is 0.0224. The second kappa shape index (κ2) is 8.25. The third kappa shape index (κ3) is 4.25. The fraction of sp³-hybridized carbons (Fsp3) is 0.526. The van der Waals surface area contributed by atoms with Crippen LogP contribution in [0.5, 0.6) is 0 Å². The molecule has 1 aliphatic heterocycles. The van der Waals surface area contributed by atoms with Gasteiger partial charge in [0.25, 0.3) is 5.56 Å². The molecule has 1 fully saturated rings. The van der Waals surface area contributed by atoms with Gasteiger partial charge in [-0.1, -0.05) is 31.5 Å². The largest absolute Gasteiger partial charge is 0.353 e. The van der Waals surface area contributed by atoms with Gasteiger partial charge in [-0.05, 0) is 31.9 Å². The van der Waals surface area contributed by atoms with Gasteiger partial charge in [-0.2, -0.15) is 5.10 Å². The molecular formula is C19H26N4O2. The molecule has 0 spiro atoms. The molecule has 0 aliphatic carbocycles. The number of amides is 1. The minimum Gasteiger partial charge on any atom is -0.353 e. The van der Waals surface area contributed by atoms with E-state index in [1.807, 2.05) is 18.2 Å². The van der Waals surface area contributed by atoms with E-state index in [-0.39, 0.29) is 11.5 Å². The number of carbonyl (C=O) groups is 1. The van der Waals surface area contributed by atoms with Crippen LogP contribution < -0.4 is 10.9 Å². The van der Waals surface area contributed by atoms with Crippen molar-refractivity contribution in [3.05, 3.63) is 40.8 Å². The highest BCUT2D eigenvalue weighted by molar-refractivity contribution is 5.80. The van der Waals surface area contributed by atoms with E-state index in [1.54, 1.807) is 12.3 Å². The number of carbonyl (C=O) groups excluding carboxylic acids is 1. The third-order valence-electron chi connectivity index (χ3n) is 4.97. The van der Waals surface area contributed by atoms with Gasteiger partial charge in [0.1, 0.15) is 0 Å². The number of nitrogens with one attached hydrogen (secondary N) is 1. The van der Waals surface area contributed by atoms with Gasteiger partial charge in [0.15, 0.2) is 0 Å². The lowest BCUT2D eigenvalue weighted by Crippen LogP contribution is -2.46. The second-order valence-corrected chi connectivity index (χ2v) is 6.64. The van der Waals surface area contributed by atoms with E-state index >= 15 is 0 Å². The number of nitrogens with zero attached hydrogens (tertiary/aromatic N) is 3. The van der Waals surface area contributed by atoms with E-state index in [0.717, 1.165) is 18.4 Å². The number of aromatic nitrogens is 2. The molecule has 1 atom stereocenters. The van der Waals surface area contributed by atoms with Crippen molar-refractivity contribution >= 4 is 16.7 Å². The maximum Gasteiger partial charge on any atom is 0.274 e. The first-order chi connectivity index (χ1) is 12.2. The van der Waals surface area contributed by atoms with Crippen molar-refractivity contribution in [2.24, 2.45) is 0 Å². The lowest BCUT2D eigenvalue weighted by atomic mass is 10.0. The Bertz CT molecular complexity index is 786. The minimum atomic E-state index is -0.116. The van der Waals surface area contributed by atoms with Crippen molar-refractivity contribution in [2.45, 2.75) is 45.2 Å². The molecule has 2 aromatic rings. The number of hydrogen-bond acceptors (Lipinski definition) is 4. The van der Waals surface area contributed by atoms with Gasteiger partial charge in [-0.15, -0.1) is 0 Å². The molecule has 1 amide bonds. The molecule has 6 heteroatoms. The van der Waals surface area contributed by atoms with Crippen LogP contribution in [-0.4, -0.2) is 46.3 Å². The summed E-state index contributed by atoms with van der Waals surface area (Å²) < 4.78 is 1.42. The summed E-state index contributed by atoms with van der Waals surface area (Å²) in [5.74, 6) is 0.0224. The lowest BCUT2D eigenvalue weighted by Gasteiger charge is -2.34. The van der Waals surface area contributed by atoms with Crippen molar-refractivity contribution in [3.63, 3.8) is 0 Å². The Morgan fingerprint density at radius 1 is 1.32 bits per heavy atom. The molecule has 3 rings (SSSR count). The molecule has 25 heavy (non-hydrogen) atoms. The Morgan fingerprint density at radius 2 is 2.16 bits per heavy atom. The molecule has 6 nitrogen and oxygen atoms in total. The van der Waals surface area contributed by atoms with Crippen LogP contribution >= 0.6 is 0 Å². The van der Waals surface area contributed by atoms with Crippen LogP contribution in [0.15, 0.2) is 35.3 Å². The number of hydrogen-bond donors (Lipinski definition) is 1. The summed E-state index contributed by atoms with van der Waals surface area (Å²) in [4.78, 5) is 26.9. The van der Waals surface area contributed by atoms with Gasteiger partial charge in [0.2, 0.25) is 5.91 Å². The number of rotatable bonds is 6. The first-order valence-electron chi connectivity index (χ1n) is 9.14. The number of piperidine rings is 1. The van der Waals surface area contributed by atoms with Crippen molar-refractivity contribution in [1.82, 2.24) is 20.0 Å². The van der Waals surface area contributed by atoms with E-state index in [0.29, 0.717) is 31.1 Å². The van der Waals surface area contributed by atoms with Crippen LogP contribution in [-0.2, 0) is 11.3 Å². The zero-order valence-corrected chi connectivity index (χ0v) is 14.8. The normalized spacial score (nSPS) is 18.4. The first-order valence-corrected chi connectivity index (χ1v) is 9.14. The smallest absolute Gasteiger partial charge is 0.274 e. The van der Waals surface area contributed by atoms with Gasteiger partial charge < -0.3 is 5.32 Å². The average Bonchev–Trinajstić information content (AvgIpc) is 2.64. The molecule has 0 unspecified atom stereocenters. The van der Waals surface area contributed by atoms with Gasteiger partial charge in [0, 0.05) is 18.0 Å². The van der Waals surface area contributed by atoms with E-state index in [2.05, 4.69) is 22.2 Å². The molecular weight excluding hydrogens is 316 g/mol. The molecule has 1 N–H and O–H groups in total. The number of fused-ring (bicyclic) bond motifs is 1. The molecule has 1 aromatic carbocycles. The van der Waals surface area contributed by atoms with Gasteiger partial charge in [0.05, 0.1) is 24.7 Å². The Morgan fingerprint density at radius 3 is 3.00 bits per heavy atom. The molecule has 0 radical (unpaired) electrons. The number of benzene rings is 1. The van der Waals surface area contributed by atoms with Crippen LogP contribution in [0, 0.1) is 0 Å². The Balaban J connectivity index is 1.53. The maximum absolute atomic E-state index is 12.4. The highest BCUT2D eigenvalue weighted by Crippen LogP contribution is 2.18. The standard InChI is InChI=1S/C19H26N4O2/c1-2-16-8-5-6-11-22(16)14-18(24)20-10-12-23-19(25)17-9-4-3-7-15(17)13-21-23/h3-4,7,9,13,16H,2,5-6,8,10-12,14H2,1H3,(H,20,24)/t16-/m0/s1. The summed E-state index contributed by atoms with van der Waals surface area (Å²) >= 11 is 0. The average molecular weight is 342 g/mol. The first kappa shape index (κ1) is 17.6. The number of likely N-dealkylation sites (tertiary alicyclic amines) is 1. The summed E-state index contributed by atoms with van der Waals surface area (Å²) in [5.41, 5.74) is -0.116. The Hall–Kier alpha value is -2.21. The highest BCUT2D eigenvalue weighted by Gasteiger charge is 2.22. The van der Waals surface area contributed by atoms with Crippen molar-refractivity contribution < 1.29 is 4.79 Å². The Labute approximate surface area is 147 Å². The third-order valence-corrected chi connectivity index (χ3v) is 4.97. The fourth-order valence-corrected chi connectivity index (χ4v) is 3.56. The predicted octanol–water partition coefficient (Wildman–Crippen LogP) is 1.78. The summed E-state index contributed by atoms with van der Waals surface area (Å²) in [6.07, 6.45) is 6.38. The van der Waals surface area contributed by atoms with E-state index in [4.69, 9.17) is 0 Å². The quantitative estimate of drug-likeness (QED) is 0.869. The summed E-state index contributed by atoms with van der Waals surface area (Å²) in [6, 6.07) is 7.93. The van der Waals surface area contributed by atoms with E-state index in [9.17, 15) is 9.59 Å². The van der Waals surface area contributed by atoms with Crippen LogP contribution in [0.25, 0.3) is 10.8 Å². The summed E-state index contributed by atoms with van der Waals surface area (Å²) in [5, 5.41) is 8.60. The summed E-state index contributed by atoms with van der Waals surface area (Å²) in [7, 11) is 0. The van der Waals surface area contributed by atoms with Crippen molar-refractivity contribution in [1.29, 1.82) is 0 Å². The SMILES string of the molecule is CC[C@H]1CCCCN1CC(=O)NCCn1ncc2ccccc2c1=O. The predicted molar refractivity (Wildman–Crippen MR) is 98.5 cm³/mol.